The van der Waals surface area contributed by atoms with Gasteiger partial charge >= 0.3 is 0 Å². The van der Waals surface area contributed by atoms with E-state index in [9.17, 15) is 4.79 Å². The van der Waals surface area contributed by atoms with Crippen molar-refractivity contribution in [3.05, 3.63) is 54.9 Å². The zero-order valence-corrected chi connectivity index (χ0v) is 14.6. The van der Waals surface area contributed by atoms with Crippen LogP contribution >= 0.6 is 55.1 Å². The van der Waals surface area contributed by atoms with Gasteiger partial charge in [0.05, 0.1) is 21.3 Å². The van der Waals surface area contributed by atoms with Gasteiger partial charge in [0, 0.05) is 14.6 Å². The zero-order chi connectivity index (χ0) is 14.9. The molecule has 0 aliphatic heterocycles. The number of nitrogens with one attached hydrogen (secondary N) is 1. The first kappa shape index (κ1) is 15.6. The molecular formula is C13H8Br2Cl2N2O. The molecule has 0 fully saturated rings. The summed E-state index contributed by atoms with van der Waals surface area (Å²) >= 11 is 18.7. The van der Waals surface area contributed by atoms with Gasteiger partial charge in [0.25, 0.3) is 5.91 Å². The Kier molecular flexibility index (Phi) is 4.96. The average molecular weight is 439 g/mol. The fraction of sp³-hybridized carbons (Fsp3) is 0. The molecule has 0 bridgehead atoms. The van der Waals surface area contributed by atoms with Crippen molar-refractivity contribution in [1.29, 1.82) is 0 Å². The summed E-state index contributed by atoms with van der Waals surface area (Å²) in [6, 6.07) is 8.30. The van der Waals surface area contributed by atoms with E-state index < -0.39 is 0 Å². The summed E-state index contributed by atoms with van der Waals surface area (Å²) < 4.78 is 1.53. The van der Waals surface area contributed by atoms with E-state index in [0.29, 0.717) is 27.0 Å². The van der Waals surface area contributed by atoms with Gasteiger partial charge in [-0.1, -0.05) is 55.1 Å². The van der Waals surface area contributed by atoms with Crippen LogP contribution in [0.5, 0.6) is 0 Å². The number of nitrogens with two attached hydrogens (primary N) is 1. The molecule has 0 saturated heterocycles. The lowest BCUT2D eigenvalue weighted by Crippen LogP contribution is -2.14. The molecule has 0 unspecified atom stereocenters. The molecule has 3 N–H and O–H groups in total. The molecule has 0 aliphatic rings. The maximum absolute atomic E-state index is 12.2. The van der Waals surface area contributed by atoms with Gasteiger partial charge < -0.3 is 11.1 Å². The summed E-state index contributed by atoms with van der Waals surface area (Å²) in [5, 5.41) is 3.35. The van der Waals surface area contributed by atoms with Crippen LogP contribution in [0.25, 0.3) is 0 Å². The molecule has 3 nitrogen and oxygen atoms in total. The van der Waals surface area contributed by atoms with E-state index in [4.69, 9.17) is 28.9 Å². The Bertz CT molecular complexity index is 669. The lowest BCUT2D eigenvalue weighted by Gasteiger charge is -2.11. The maximum Gasteiger partial charge on any atom is 0.257 e. The summed E-state index contributed by atoms with van der Waals surface area (Å²) in [5.74, 6) is -0.374. The minimum atomic E-state index is -0.374. The fourth-order valence-electron chi connectivity index (χ4n) is 1.58. The molecule has 0 radical (unpaired) electrons. The molecule has 2 aromatic carbocycles. The molecular weight excluding hydrogens is 431 g/mol. The smallest absolute Gasteiger partial charge is 0.257 e. The molecule has 104 valence electrons. The molecule has 2 aromatic rings. The standard InChI is InChI=1S/C13H8Br2Cl2N2O/c14-6-1-2-8(11(18)5-6)13(20)19-12-9(16)3-7(15)4-10(12)17/h1-5H,18H2,(H,19,20). The summed E-state index contributed by atoms with van der Waals surface area (Å²) in [6.07, 6.45) is 0. The van der Waals surface area contributed by atoms with Crippen molar-refractivity contribution in [1.82, 2.24) is 0 Å². The average Bonchev–Trinajstić information content (AvgIpc) is 2.33. The quantitative estimate of drug-likeness (QED) is 0.621. The van der Waals surface area contributed by atoms with Crippen LogP contribution in [0.4, 0.5) is 11.4 Å². The first-order valence-corrected chi connectivity index (χ1v) is 7.73. The van der Waals surface area contributed by atoms with Gasteiger partial charge in [-0.3, -0.25) is 4.79 Å². The molecule has 2 rings (SSSR count). The number of anilines is 2. The van der Waals surface area contributed by atoms with Crippen molar-refractivity contribution in [3.8, 4) is 0 Å². The Balaban J connectivity index is 2.33. The molecule has 0 saturated carbocycles. The molecule has 0 heterocycles. The topological polar surface area (TPSA) is 55.1 Å². The monoisotopic (exact) mass is 436 g/mol. The van der Waals surface area contributed by atoms with Gasteiger partial charge in [-0.25, -0.2) is 0 Å². The predicted molar refractivity (Wildman–Crippen MR) is 90.7 cm³/mol. The van der Waals surface area contributed by atoms with Crippen LogP contribution in [0.1, 0.15) is 10.4 Å². The number of carbonyl (C=O) groups is 1. The van der Waals surface area contributed by atoms with Gasteiger partial charge in [-0.2, -0.15) is 0 Å². The minimum absolute atomic E-state index is 0.341. The van der Waals surface area contributed by atoms with E-state index in [1.807, 2.05) is 0 Å². The SMILES string of the molecule is Nc1cc(Br)ccc1C(=O)Nc1c(Cl)cc(Br)cc1Cl. The van der Waals surface area contributed by atoms with Crippen molar-refractivity contribution < 1.29 is 4.79 Å². The second-order valence-electron chi connectivity index (χ2n) is 3.93. The van der Waals surface area contributed by atoms with Gasteiger partial charge in [0.2, 0.25) is 0 Å². The third kappa shape index (κ3) is 3.47. The Hall–Kier alpha value is -0.750. The molecule has 0 aliphatic carbocycles. The van der Waals surface area contributed by atoms with Crippen LogP contribution in [0.3, 0.4) is 0 Å². The molecule has 1 amide bonds. The molecule has 7 heteroatoms. The fourth-order valence-corrected chi connectivity index (χ4v) is 3.26. The molecule has 0 atom stereocenters. The molecule has 20 heavy (non-hydrogen) atoms. The minimum Gasteiger partial charge on any atom is -0.398 e. The number of hydrogen-bond donors (Lipinski definition) is 2. The summed E-state index contributed by atoms with van der Waals surface area (Å²) in [5.41, 5.74) is 6.88. The highest BCUT2D eigenvalue weighted by molar-refractivity contribution is 9.10. The second-order valence-corrected chi connectivity index (χ2v) is 6.58. The number of carbonyl (C=O) groups excluding carboxylic acids is 1. The van der Waals surface area contributed by atoms with E-state index in [1.54, 1.807) is 30.3 Å². The zero-order valence-electron chi connectivity index (χ0n) is 9.88. The maximum atomic E-state index is 12.2. The third-order valence-electron chi connectivity index (χ3n) is 2.50. The van der Waals surface area contributed by atoms with Crippen LogP contribution in [-0.2, 0) is 0 Å². The van der Waals surface area contributed by atoms with Crippen molar-refractivity contribution in [2.75, 3.05) is 11.1 Å². The third-order valence-corrected chi connectivity index (χ3v) is 4.05. The summed E-state index contributed by atoms with van der Waals surface area (Å²) in [4.78, 5) is 12.2. The van der Waals surface area contributed by atoms with Gasteiger partial charge in [0.1, 0.15) is 0 Å². The van der Waals surface area contributed by atoms with Crippen LogP contribution in [0.2, 0.25) is 10.0 Å². The molecule has 0 spiro atoms. The van der Waals surface area contributed by atoms with Crippen molar-refractivity contribution in [2.24, 2.45) is 0 Å². The predicted octanol–water partition coefficient (Wildman–Crippen LogP) is 5.35. The largest absolute Gasteiger partial charge is 0.398 e. The number of nitrogen functional groups attached to an aromatic ring is 1. The van der Waals surface area contributed by atoms with Crippen LogP contribution in [-0.4, -0.2) is 5.91 Å². The second kappa shape index (κ2) is 6.35. The first-order valence-electron chi connectivity index (χ1n) is 5.39. The Morgan fingerprint density at radius 1 is 1.05 bits per heavy atom. The number of amides is 1. The lowest BCUT2D eigenvalue weighted by atomic mass is 10.1. The van der Waals surface area contributed by atoms with Crippen LogP contribution < -0.4 is 11.1 Å². The van der Waals surface area contributed by atoms with Crippen molar-refractivity contribution >= 4 is 72.3 Å². The Labute approximate surface area is 142 Å². The number of benzene rings is 2. The highest BCUT2D eigenvalue weighted by atomic mass is 79.9. The highest BCUT2D eigenvalue weighted by Crippen LogP contribution is 2.34. The highest BCUT2D eigenvalue weighted by Gasteiger charge is 2.14. The lowest BCUT2D eigenvalue weighted by molar-refractivity contribution is 0.102. The Morgan fingerprint density at radius 3 is 2.20 bits per heavy atom. The van der Waals surface area contributed by atoms with E-state index >= 15 is 0 Å². The van der Waals surface area contributed by atoms with Crippen LogP contribution in [0, 0.1) is 0 Å². The number of halogens is 4. The van der Waals surface area contributed by atoms with Gasteiger partial charge in [0.15, 0.2) is 0 Å². The van der Waals surface area contributed by atoms with E-state index in [1.165, 1.54) is 0 Å². The van der Waals surface area contributed by atoms with E-state index in [0.717, 1.165) is 8.95 Å². The van der Waals surface area contributed by atoms with Crippen molar-refractivity contribution in [2.45, 2.75) is 0 Å². The number of hydrogen-bond acceptors (Lipinski definition) is 2. The van der Waals surface area contributed by atoms with Gasteiger partial charge in [-0.05, 0) is 30.3 Å². The van der Waals surface area contributed by atoms with E-state index in [2.05, 4.69) is 37.2 Å². The van der Waals surface area contributed by atoms with E-state index in [-0.39, 0.29) is 5.91 Å². The summed E-state index contributed by atoms with van der Waals surface area (Å²) in [6.45, 7) is 0. The summed E-state index contributed by atoms with van der Waals surface area (Å²) in [7, 11) is 0. The first-order chi connectivity index (χ1) is 9.38. The Morgan fingerprint density at radius 2 is 1.65 bits per heavy atom. The van der Waals surface area contributed by atoms with Crippen molar-refractivity contribution in [3.63, 3.8) is 0 Å². The molecule has 0 aromatic heterocycles. The normalized spacial score (nSPS) is 10.4. The number of rotatable bonds is 2. The van der Waals surface area contributed by atoms with Crippen LogP contribution in [0.15, 0.2) is 39.3 Å². The van der Waals surface area contributed by atoms with Gasteiger partial charge in [-0.15, -0.1) is 0 Å².